The minimum atomic E-state index is -0.348. The zero-order valence-electron chi connectivity index (χ0n) is 9.89. The number of methoxy groups -OCH3 is 1. The zero-order valence-corrected chi connectivity index (χ0v) is 9.89. The predicted molar refractivity (Wildman–Crippen MR) is 63.7 cm³/mol. The number of hydrogen-bond acceptors (Lipinski definition) is 4. The van der Waals surface area contributed by atoms with E-state index in [4.69, 9.17) is 10.5 Å². The Bertz CT molecular complexity index is 384. The van der Waals surface area contributed by atoms with Crippen molar-refractivity contribution in [1.29, 1.82) is 0 Å². The van der Waals surface area contributed by atoms with E-state index >= 15 is 0 Å². The minimum absolute atomic E-state index is 0.258. The van der Waals surface area contributed by atoms with Crippen molar-refractivity contribution in [3.63, 3.8) is 0 Å². The van der Waals surface area contributed by atoms with Crippen molar-refractivity contribution >= 4 is 5.97 Å². The van der Waals surface area contributed by atoms with Gasteiger partial charge in [0, 0.05) is 6.42 Å². The second-order valence-electron chi connectivity index (χ2n) is 4.35. The molecule has 1 aromatic carbocycles. The van der Waals surface area contributed by atoms with Gasteiger partial charge in [-0.05, 0) is 43.0 Å². The number of ether oxygens (including phenoxy) is 2. The molecule has 1 aromatic rings. The topological polar surface area (TPSA) is 61.5 Å². The fourth-order valence-corrected chi connectivity index (χ4v) is 1.69. The van der Waals surface area contributed by atoms with E-state index in [1.165, 1.54) is 20.0 Å². The van der Waals surface area contributed by atoms with Crippen LogP contribution in [0.15, 0.2) is 24.3 Å². The summed E-state index contributed by atoms with van der Waals surface area (Å²) in [6.45, 7) is 0. The van der Waals surface area contributed by atoms with Gasteiger partial charge in [-0.15, -0.1) is 0 Å². The minimum Gasteiger partial charge on any atom is -0.476 e. The van der Waals surface area contributed by atoms with Gasteiger partial charge in [-0.3, -0.25) is 5.73 Å². The lowest BCUT2D eigenvalue weighted by Gasteiger charge is -2.14. The second-order valence-corrected chi connectivity index (χ2v) is 4.35. The van der Waals surface area contributed by atoms with Crippen molar-refractivity contribution in [2.45, 2.75) is 25.5 Å². The predicted octanol–water partition coefficient (Wildman–Crippen LogP) is 1.94. The third-order valence-electron chi connectivity index (χ3n) is 2.83. The highest BCUT2D eigenvalue weighted by molar-refractivity contribution is 5.89. The average molecular weight is 235 g/mol. The molecule has 17 heavy (non-hydrogen) atoms. The first-order valence-corrected chi connectivity index (χ1v) is 5.79. The summed E-state index contributed by atoms with van der Waals surface area (Å²) >= 11 is 0. The van der Waals surface area contributed by atoms with Crippen LogP contribution in [0.2, 0.25) is 0 Å². The third-order valence-corrected chi connectivity index (χ3v) is 2.83. The summed E-state index contributed by atoms with van der Waals surface area (Å²) in [6.07, 6.45) is 3.17. The number of hydrogen-bond donors (Lipinski definition) is 1. The number of benzene rings is 1. The molecule has 0 amide bonds. The van der Waals surface area contributed by atoms with Crippen LogP contribution in [0.1, 0.15) is 29.6 Å². The first-order valence-electron chi connectivity index (χ1n) is 5.79. The van der Waals surface area contributed by atoms with Crippen molar-refractivity contribution in [1.82, 2.24) is 0 Å². The van der Waals surface area contributed by atoms with Crippen LogP contribution in [-0.2, 0) is 4.74 Å². The normalized spacial score (nSPS) is 16.4. The highest BCUT2D eigenvalue weighted by atomic mass is 16.5. The van der Waals surface area contributed by atoms with Gasteiger partial charge in [-0.25, -0.2) is 4.79 Å². The molecule has 1 atom stereocenters. The van der Waals surface area contributed by atoms with Gasteiger partial charge in [0.1, 0.15) is 12.0 Å². The Kier molecular flexibility index (Phi) is 3.64. The number of nitrogens with two attached hydrogens (primary N) is 1. The molecule has 1 aliphatic carbocycles. The molecule has 0 radical (unpaired) electrons. The highest BCUT2D eigenvalue weighted by Gasteiger charge is 2.24. The Labute approximate surface area is 101 Å². The van der Waals surface area contributed by atoms with Crippen LogP contribution in [-0.4, -0.2) is 19.3 Å². The lowest BCUT2D eigenvalue weighted by molar-refractivity contribution is 0.0600. The molecular weight excluding hydrogens is 218 g/mol. The Hall–Kier alpha value is -1.55. The molecule has 0 aromatic heterocycles. The molecule has 0 heterocycles. The van der Waals surface area contributed by atoms with E-state index in [0.717, 1.165) is 12.3 Å². The Balaban J connectivity index is 1.90. The summed E-state index contributed by atoms with van der Waals surface area (Å²) in [7, 11) is 1.36. The van der Waals surface area contributed by atoms with Crippen molar-refractivity contribution in [2.75, 3.05) is 7.11 Å². The van der Waals surface area contributed by atoms with E-state index in [9.17, 15) is 4.79 Å². The Morgan fingerprint density at radius 2 is 2.06 bits per heavy atom. The molecule has 0 saturated heterocycles. The van der Waals surface area contributed by atoms with Crippen LogP contribution in [0.3, 0.4) is 0 Å². The average Bonchev–Trinajstić information content (AvgIpc) is 3.12. The maximum absolute atomic E-state index is 11.2. The summed E-state index contributed by atoms with van der Waals surface area (Å²) in [5, 5.41) is 0. The maximum Gasteiger partial charge on any atom is 0.337 e. The van der Waals surface area contributed by atoms with Crippen LogP contribution >= 0.6 is 0 Å². The van der Waals surface area contributed by atoms with Gasteiger partial charge in [0.05, 0.1) is 12.7 Å². The third kappa shape index (κ3) is 3.46. The van der Waals surface area contributed by atoms with Crippen molar-refractivity contribution in [3.8, 4) is 5.75 Å². The Morgan fingerprint density at radius 1 is 1.41 bits per heavy atom. The van der Waals surface area contributed by atoms with E-state index in [0.29, 0.717) is 11.3 Å². The monoisotopic (exact) mass is 235 g/mol. The summed E-state index contributed by atoms with van der Waals surface area (Å²) in [6, 6.07) is 6.81. The molecule has 0 bridgehead atoms. The van der Waals surface area contributed by atoms with Crippen LogP contribution < -0.4 is 10.5 Å². The lowest BCUT2D eigenvalue weighted by Crippen LogP contribution is -2.27. The first kappa shape index (κ1) is 11.9. The van der Waals surface area contributed by atoms with Gasteiger partial charge in [0.15, 0.2) is 0 Å². The Morgan fingerprint density at radius 3 is 2.59 bits per heavy atom. The van der Waals surface area contributed by atoms with Crippen LogP contribution in [0, 0.1) is 5.92 Å². The molecule has 4 nitrogen and oxygen atoms in total. The van der Waals surface area contributed by atoms with Gasteiger partial charge in [0.2, 0.25) is 0 Å². The molecule has 1 fully saturated rings. The number of carbonyl (C=O) groups is 1. The molecule has 1 unspecified atom stereocenters. The van der Waals surface area contributed by atoms with Gasteiger partial charge >= 0.3 is 5.97 Å². The lowest BCUT2D eigenvalue weighted by atomic mass is 10.2. The fourth-order valence-electron chi connectivity index (χ4n) is 1.69. The summed E-state index contributed by atoms with van der Waals surface area (Å²) in [5.41, 5.74) is 6.37. The number of carbonyl (C=O) groups excluding carboxylic acids is 1. The molecule has 2 N–H and O–H groups in total. The van der Waals surface area contributed by atoms with E-state index < -0.39 is 0 Å². The molecule has 2 rings (SSSR count). The van der Waals surface area contributed by atoms with Gasteiger partial charge < -0.3 is 9.47 Å². The maximum atomic E-state index is 11.2. The van der Waals surface area contributed by atoms with E-state index in [1.807, 2.05) is 0 Å². The van der Waals surface area contributed by atoms with Crippen molar-refractivity contribution in [2.24, 2.45) is 11.7 Å². The standard InChI is InChI=1S/C13H17NO3/c1-16-13(15)10-4-6-11(7-5-10)17-12(14)8-9-2-3-9/h4-7,9,12H,2-3,8,14H2,1H3. The van der Waals surface area contributed by atoms with E-state index in [2.05, 4.69) is 4.74 Å². The first-order chi connectivity index (χ1) is 8.19. The van der Waals surface area contributed by atoms with E-state index in [1.54, 1.807) is 24.3 Å². The smallest absolute Gasteiger partial charge is 0.337 e. The summed E-state index contributed by atoms with van der Waals surface area (Å²) in [5.74, 6) is 1.07. The zero-order chi connectivity index (χ0) is 12.3. The molecule has 0 spiro atoms. The van der Waals surface area contributed by atoms with Gasteiger partial charge in [-0.2, -0.15) is 0 Å². The van der Waals surface area contributed by atoms with Gasteiger partial charge in [0.25, 0.3) is 0 Å². The molecule has 92 valence electrons. The number of rotatable bonds is 5. The van der Waals surface area contributed by atoms with Crippen LogP contribution in [0.4, 0.5) is 0 Å². The van der Waals surface area contributed by atoms with Gasteiger partial charge in [-0.1, -0.05) is 0 Å². The number of esters is 1. The molecule has 4 heteroatoms. The van der Waals surface area contributed by atoms with Crippen LogP contribution in [0.25, 0.3) is 0 Å². The van der Waals surface area contributed by atoms with E-state index in [-0.39, 0.29) is 12.2 Å². The summed E-state index contributed by atoms with van der Waals surface area (Å²) in [4.78, 5) is 11.2. The molecule has 1 saturated carbocycles. The quantitative estimate of drug-likeness (QED) is 0.625. The van der Waals surface area contributed by atoms with Crippen molar-refractivity contribution in [3.05, 3.63) is 29.8 Å². The fraction of sp³-hybridized carbons (Fsp3) is 0.462. The van der Waals surface area contributed by atoms with Crippen LogP contribution in [0.5, 0.6) is 5.75 Å². The molecule has 0 aliphatic heterocycles. The second kappa shape index (κ2) is 5.19. The largest absolute Gasteiger partial charge is 0.476 e. The SMILES string of the molecule is COC(=O)c1ccc(OC(N)CC2CC2)cc1. The summed E-state index contributed by atoms with van der Waals surface area (Å²) < 4.78 is 10.2. The van der Waals surface area contributed by atoms with Crippen molar-refractivity contribution < 1.29 is 14.3 Å². The highest BCUT2D eigenvalue weighted by Crippen LogP contribution is 2.33. The molecular formula is C13H17NO3. The molecule has 1 aliphatic rings.